The molecule has 3 heterocycles. The first-order valence-corrected chi connectivity index (χ1v) is 8.81. The van der Waals surface area contributed by atoms with Crippen LogP contribution in [0.4, 0.5) is 5.82 Å². The quantitative estimate of drug-likeness (QED) is 0.810. The molecule has 6 heteroatoms. The third kappa shape index (κ3) is 2.39. The molecule has 2 fully saturated rings. The van der Waals surface area contributed by atoms with Crippen LogP contribution >= 0.6 is 11.8 Å². The summed E-state index contributed by atoms with van der Waals surface area (Å²) >= 11 is 2.19. The van der Waals surface area contributed by atoms with E-state index in [4.69, 9.17) is 0 Å². The van der Waals surface area contributed by atoms with Crippen molar-refractivity contribution in [2.24, 2.45) is 0 Å². The number of rotatable bonds is 1. The summed E-state index contributed by atoms with van der Waals surface area (Å²) in [5.41, 5.74) is 1.02. The second-order valence-electron chi connectivity index (χ2n) is 6.24. The van der Waals surface area contributed by atoms with Crippen LogP contribution in [0.25, 0.3) is 5.78 Å². The van der Waals surface area contributed by atoms with E-state index in [-0.39, 0.29) is 0 Å². The Bertz CT molecular complexity index is 641. The van der Waals surface area contributed by atoms with Crippen molar-refractivity contribution in [3.8, 4) is 0 Å². The Morgan fingerprint density at radius 1 is 1.24 bits per heavy atom. The van der Waals surface area contributed by atoms with Gasteiger partial charge in [-0.1, -0.05) is 19.3 Å². The predicted molar refractivity (Wildman–Crippen MR) is 86.0 cm³/mol. The zero-order valence-corrected chi connectivity index (χ0v) is 13.3. The molecule has 0 unspecified atom stereocenters. The summed E-state index contributed by atoms with van der Waals surface area (Å²) in [5.74, 6) is 3.07. The predicted octanol–water partition coefficient (Wildman–Crippen LogP) is 2.69. The highest BCUT2D eigenvalue weighted by atomic mass is 32.2. The second kappa shape index (κ2) is 5.16. The molecule has 4 rings (SSSR count). The van der Waals surface area contributed by atoms with Gasteiger partial charge in [-0.25, -0.2) is 4.98 Å². The SMILES string of the molecule is Cc1cc(N2CCSC3(CCCCC3)C2)n2ncnc2n1. The Labute approximate surface area is 129 Å². The van der Waals surface area contributed by atoms with Gasteiger partial charge in [0, 0.05) is 35.3 Å². The van der Waals surface area contributed by atoms with Crippen molar-refractivity contribution in [1.82, 2.24) is 19.6 Å². The van der Waals surface area contributed by atoms with Crippen molar-refractivity contribution < 1.29 is 0 Å². The van der Waals surface area contributed by atoms with Crippen molar-refractivity contribution in [3.05, 3.63) is 18.1 Å². The number of fused-ring (bicyclic) bond motifs is 1. The van der Waals surface area contributed by atoms with E-state index in [1.165, 1.54) is 37.9 Å². The number of thioether (sulfide) groups is 1. The maximum Gasteiger partial charge on any atom is 0.254 e. The molecule has 2 aliphatic rings. The molecule has 2 aromatic rings. The lowest BCUT2D eigenvalue weighted by atomic mass is 9.87. The van der Waals surface area contributed by atoms with Gasteiger partial charge in [-0.2, -0.15) is 26.4 Å². The minimum absolute atomic E-state index is 0.459. The summed E-state index contributed by atoms with van der Waals surface area (Å²) in [6, 6.07) is 2.15. The summed E-state index contributed by atoms with van der Waals surface area (Å²) in [4.78, 5) is 11.2. The van der Waals surface area contributed by atoms with Crippen LogP contribution in [0.5, 0.6) is 0 Å². The van der Waals surface area contributed by atoms with Crippen LogP contribution in [0.15, 0.2) is 12.4 Å². The second-order valence-corrected chi connectivity index (χ2v) is 7.80. The minimum Gasteiger partial charge on any atom is -0.354 e. The topological polar surface area (TPSA) is 46.3 Å². The lowest BCUT2D eigenvalue weighted by molar-refractivity contribution is 0.389. The van der Waals surface area contributed by atoms with Gasteiger partial charge >= 0.3 is 0 Å². The van der Waals surface area contributed by atoms with E-state index in [0.29, 0.717) is 10.5 Å². The van der Waals surface area contributed by atoms with Crippen LogP contribution in [-0.2, 0) is 0 Å². The Balaban J connectivity index is 1.69. The molecule has 1 spiro atoms. The van der Waals surface area contributed by atoms with Crippen LogP contribution in [-0.4, -0.2) is 43.2 Å². The number of anilines is 1. The zero-order chi connectivity index (χ0) is 14.3. The van der Waals surface area contributed by atoms with Crippen molar-refractivity contribution in [2.75, 3.05) is 23.7 Å². The molecule has 1 saturated heterocycles. The van der Waals surface area contributed by atoms with Gasteiger partial charge in [-0.15, -0.1) is 0 Å². The molecule has 0 radical (unpaired) electrons. The van der Waals surface area contributed by atoms with Crippen LogP contribution in [0, 0.1) is 6.92 Å². The summed E-state index contributed by atoms with van der Waals surface area (Å²) in [5, 5.41) is 4.36. The fourth-order valence-corrected chi connectivity index (χ4v) is 5.24. The van der Waals surface area contributed by atoms with Crippen molar-refractivity contribution >= 4 is 23.4 Å². The summed E-state index contributed by atoms with van der Waals surface area (Å²) in [6.45, 7) is 4.26. The third-order valence-corrected chi connectivity index (χ3v) is 6.23. The number of aryl methyl sites for hydroxylation is 1. The molecule has 0 aromatic carbocycles. The number of aromatic nitrogens is 4. The molecule has 112 valence electrons. The van der Waals surface area contributed by atoms with Gasteiger partial charge in [0.05, 0.1) is 0 Å². The van der Waals surface area contributed by atoms with Gasteiger partial charge in [-0.05, 0) is 19.8 Å². The average molecular weight is 303 g/mol. The summed E-state index contributed by atoms with van der Waals surface area (Å²) < 4.78 is 2.35. The first kappa shape index (κ1) is 13.4. The molecule has 1 saturated carbocycles. The highest BCUT2D eigenvalue weighted by molar-refractivity contribution is 8.00. The van der Waals surface area contributed by atoms with Crippen molar-refractivity contribution in [3.63, 3.8) is 0 Å². The van der Waals surface area contributed by atoms with Crippen LogP contribution in [0.3, 0.4) is 0 Å². The lowest BCUT2D eigenvalue weighted by Gasteiger charge is -2.45. The van der Waals surface area contributed by atoms with E-state index >= 15 is 0 Å². The molecule has 0 bridgehead atoms. The molecule has 2 aromatic heterocycles. The first-order valence-electron chi connectivity index (χ1n) is 7.82. The Hall–Kier alpha value is -1.30. The maximum atomic E-state index is 4.45. The number of nitrogens with zero attached hydrogens (tertiary/aromatic N) is 5. The normalized spacial score (nSPS) is 22.0. The molecule has 0 N–H and O–H groups in total. The van der Waals surface area contributed by atoms with E-state index in [9.17, 15) is 0 Å². The molecule has 1 aliphatic heterocycles. The molecule has 0 amide bonds. The van der Waals surface area contributed by atoms with Gasteiger partial charge in [0.15, 0.2) is 0 Å². The van der Waals surface area contributed by atoms with Gasteiger partial charge in [0.1, 0.15) is 12.1 Å². The van der Waals surface area contributed by atoms with Crippen LogP contribution in [0.1, 0.15) is 37.8 Å². The summed E-state index contributed by atoms with van der Waals surface area (Å²) in [6.07, 6.45) is 8.49. The molecule has 0 atom stereocenters. The van der Waals surface area contributed by atoms with E-state index in [1.807, 2.05) is 11.4 Å². The van der Waals surface area contributed by atoms with Crippen LogP contribution in [0.2, 0.25) is 0 Å². The lowest BCUT2D eigenvalue weighted by Crippen LogP contribution is -2.48. The van der Waals surface area contributed by atoms with E-state index in [2.05, 4.69) is 37.8 Å². The largest absolute Gasteiger partial charge is 0.354 e. The van der Waals surface area contributed by atoms with E-state index < -0.39 is 0 Å². The minimum atomic E-state index is 0.459. The van der Waals surface area contributed by atoms with Gasteiger partial charge in [-0.3, -0.25) is 0 Å². The number of hydrogen-bond donors (Lipinski definition) is 0. The fourth-order valence-electron chi connectivity index (χ4n) is 3.68. The van der Waals surface area contributed by atoms with Gasteiger partial charge < -0.3 is 4.90 Å². The van der Waals surface area contributed by atoms with Gasteiger partial charge in [0.25, 0.3) is 5.78 Å². The number of hydrogen-bond acceptors (Lipinski definition) is 5. The zero-order valence-electron chi connectivity index (χ0n) is 12.5. The highest BCUT2D eigenvalue weighted by Crippen LogP contribution is 2.43. The van der Waals surface area contributed by atoms with Gasteiger partial charge in [0.2, 0.25) is 0 Å². The smallest absolute Gasteiger partial charge is 0.254 e. The molecule has 1 aliphatic carbocycles. The van der Waals surface area contributed by atoms with Crippen molar-refractivity contribution in [1.29, 1.82) is 0 Å². The molecular formula is C15H21N5S. The standard InChI is InChI=1S/C15H21N5S/c1-12-9-13(20-14(18-12)16-11-17-20)19-7-8-21-15(10-19)5-3-2-4-6-15/h9,11H,2-8,10H2,1H3. The first-order chi connectivity index (χ1) is 10.3. The third-order valence-electron chi connectivity index (χ3n) is 4.70. The summed E-state index contributed by atoms with van der Waals surface area (Å²) in [7, 11) is 0. The molecule has 21 heavy (non-hydrogen) atoms. The van der Waals surface area contributed by atoms with E-state index in [1.54, 1.807) is 6.33 Å². The van der Waals surface area contributed by atoms with E-state index in [0.717, 1.165) is 24.6 Å². The molecular weight excluding hydrogens is 282 g/mol. The fraction of sp³-hybridized carbons (Fsp3) is 0.667. The molecule has 5 nitrogen and oxygen atoms in total. The monoisotopic (exact) mass is 303 g/mol. The Morgan fingerprint density at radius 3 is 2.95 bits per heavy atom. The Kier molecular flexibility index (Phi) is 3.28. The maximum absolute atomic E-state index is 4.45. The average Bonchev–Trinajstić information content (AvgIpc) is 2.95. The Morgan fingerprint density at radius 2 is 2.10 bits per heavy atom. The van der Waals surface area contributed by atoms with Crippen LogP contribution < -0.4 is 4.90 Å². The highest BCUT2D eigenvalue weighted by Gasteiger charge is 2.38. The van der Waals surface area contributed by atoms with Crippen molar-refractivity contribution in [2.45, 2.75) is 43.8 Å².